The number of hydrogen-bond donors (Lipinski definition) is 1. The van der Waals surface area contributed by atoms with Crippen LogP contribution in [0.25, 0.3) is 10.9 Å². The highest BCUT2D eigenvalue weighted by atomic mass is 19.1. The summed E-state index contributed by atoms with van der Waals surface area (Å²) in [6, 6.07) is 2.81. The SMILES string of the molecule is CCCn1cc(C(=O)O)c(=O)c2c(C)c(F)ccc21. The van der Waals surface area contributed by atoms with E-state index >= 15 is 0 Å². The van der Waals surface area contributed by atoms with Gasteiger partial charge in [0, 0.05) is 12.7 Å². The molecule has 1 N–H and O–H groups in total. The summed E-state index contributed by atoms with van der Waals surface area (Å²) in [5, 5.41) is 9.22. The largest absolute Gasteiger partial charge is 0.477 e. The molecule has 0 aliphatic rings. The number of rotatable bonds is 3. The van der Waals surface area contributed by atoms with E-state index in [1.165, 1.54) is 25.3 Å². The van der Waals surface area contributed by atoms with Gasteiger partial charge in [0.2, 0.25) is 5.43 Å². The summed E-state index contributed by atoms with van der Waals surface area (Å²) < 4.78 is 15.3. The summed E-state index contributed by atoms with van der Waals surface area (Å²) in [6.45, 7) is 4.00. The van der Waals surface area contributed by atoms with Crippen LogP contribution in [0.4, 0.5) is 4.39 Å². The van der Waals surface area contributed by atoms with Crippen molar-refractivity contribution in [1.82, 2.24) is 4.57 Å². The summed E-state index contributed by atoms with van der Waals surface area (Å²) in [7, 11) is 0. The van der Waals surface area contributed by atoms with Gasteiger partial charge in [0.25, 0.3) is 0 Å². The molecule has 4 nitrogen and oxygen atoms in total. The Morgan fingerprint density at radius 1 is 1.42 bits per heavy atom. The minimum Gasteiger partial charge on any atom is -0.477 e. The number of carbonyl (C=O) groups is 1. The third-order valence-corrected chi connectivity index (χ3v) is 3.14. The van der Waals surface area contributed by atoms with Crippen molar-refractivity contribution in [1.29, 1.82) is 0 Å². The Bertz CT molecular complexity index is 719. The summed E-state index contributed by atoms with van der Waals surface area (Å²) in [5.41, 5.74) is -0.201. The third kappa shape index (κ3) is 2.12. The summed E-state index contributed by atoms with van der Waals surface area (Å²) in [5.74, 6) is -1.80. The summed E-state index contributed by atoms with van der Waals surface area (Å²) in [4.78, 5) is 23.2. The number of benzene rings is 1. The van der Waals surface area contributed by atoms with Crippen molar-refractivity contribution in [2.75, 3.05) is 0 Å². The van der Waals surface area contributed by atoms with Crippen LogP contribution in [0.3, 0.4) is 0 Å². The molecule has 1 aromatic heterocycles. The Kier molecular flexibility index (Phi) is 3.38. The Morgan fingerprint density at radius 2 is 2.11 bits per heavy atom. The topological polar surface area (TPSA) is 59.3 Å². The zero-order chi connectivity index (χ0) is 14.2. The zero-order valence-electron chi connectivity index (χ0n) is 10.7. The molecule has 0 bridgehead atoms. The van der Waals surface area contributed by atoms with Crippen molar-refractivity contribution < 1.29 is 14.3 Å². The van der Waals surface area contributed by atoms with Crippen molar-refractivity contribution in [2.45, 2.75) is 26.8 Å². The molecule has 100 valence electrons. The molecule has 0 saturated heterocycles. The number of fused-ring (bicyclic) bond motifs is 1. The van der Waals surface area contributed by atoms with E-state index in [-0.39, 0.29) is 16.5 Å². The van der Waals surface area contributed by atoms with Crippen LogP contribution < -0.4 is 5.43 Å². The maximum Gasteiger partial charge on any atom is 0.341 e. The molecule has 1 heterocycles. The number of aryl methyl sites for hydroxylation is 2. The van der Waals surface area contributed by atoms with Gasteiger partial charge < -0.3 is 9.67 Å². The van der Waals surface area contributed by atoms with Crippen molar-refractivity contribution in [3.63, 3.8) is 0 Å². The number of hydrogen-bond acceptors (Lipinski definition) is 2. The van der Waals surface area contributed by atoms with Crippen LogP contribution in [-0.4, -0.2) is 15.6 Å². The number of aromatic nitrogens is 1. The highest BCUT2D eigenvalue weighted by Crippen LogP contribution is 2.19. The van der Waals surface area contributed by atoms with Crippen LogP contribution in [0.1, 0.15) is 29.3 Å². The first-order valence-corrected chi connectivity index (χ1v) is 6.03. The molecule has 2 rings (SSSR count). The van der Waals surface area contributed by atoms with Crippen molar-refractivity contribution in [3.8, 4) is 0 Å². The molecule has 0 fully saturated rings. The second-order valence-electron chi connectivity index (χ2n) is 4.44. The second-order valence-corrected chi connectivity index (χ2v) is 4.44. The first-order valence-electron chi connectivity index (χ1n) is 6.03. The van der Waals surface area contributed by atoms with E-state index in [0.29, 0.717) is 12.1 Å². The summed E-state index contributed by atoms with van der Waals surface area (Å²) >= 11 is 0. The highest BCUT2D eigenvalue weighted by molar-refractivity contribution is 5.93. The molecule has 0 amide bonds. The molecule has 0 atom stereocenters. The standard InChI is InChI=1S/C14H14FNO3/c1-3-6-16-7-9(14(18)19)13(17)12-8(2)10(15)4-5-11(12)16/h4-5,7H,3,6H2,1-2H3,(H,18,19). The number of aromatic carboxylic acids is 1. The lowest BCUT2D eigenvalue weighted by Gasteiger charge is -2.13. The molecule has 0 unspecified atom stereocenters. The molecule has 2 aromatic rings. The van der Waals surface area contributed by atoms with Gasteiger partial charge in [-0.05, 0) is 31.0 Å². The Hall–Kier alpha value is -2.17. The van der Waals surface area contributed by atoms with Gasteiger partial charge in [-0.25, -0.2) is 9.18 Å². The minimum absolute atomic E-state index is 0.147. The fourth-order valence-corrected chi connectivity index (χ4v) is 2.19. The monoisotopic (exact) mass is 263 g/mol. The molecule has 0 radical (unpaired) electrons. The van der Waals surface area contributed by atoms with Crippen LogP contribution in [-0.2, 0) is 6.54 Å². The highest BCUT2D eigenvalue weighted by Gasteiger charge is 2.17. The Morgan fingerprint density at radius 3 is 2.68 bits per heavy atom. The van der Waals surface area contributed by atoms with Gasteiger partial charge in [0.15, 0.2) is 0 Å². The van der Waals surface area contributed by atoms with Crippen LogP contribution in [0.15, 0.2) is 23.1 Å². The number of pyridine rings is 1. The average molecular weight is 263 g/mol. The van der Waals surface area contributed by atoms with Crippen LogP contribution >= 0.6 is 0 Å². The van der Waals surface area contributed by atoms with E-state index < -0.39 is 17.2 Å². The van der Waals surface area contributed by atoms with Gasteiger partial charge in [-0.15, -0.1) is 0 Å². The van der Waals surface area contributed by atoms with Gasteiger partial charge in [-0.1, -0.05) is 6.92 Å². The second kappa shape index (κ2) is 4.84. The van der Waals surface area contributed by atoms with Crippen LogP contribution in [0.5, 0.6) is 0 Å². The van der Waals surface area contributed by atoms with E-state index in [1.54, 1.807) is 4.57 Å². The predicted molar refractivity (Wildman–Crippen MR) is 70.2 cm³/mol. The van der Waals surface area contributed by atoms with Crippen molar-refractivity contribution in [2.24, 2.45) is 0 Å². The van der Waals surface area contributed by atoms with Gasteiger partial charge in [0.05, 0.1) is 10.9 Å². The van der Waals surface area contributed by atoms with Gasteiger partial charge >= 0.3 is 5.97 Å². The summed E-state index contributed by atoms with van der Waals surface area (Å²) in [6.07, 6.45) is 2.11. The lowest BCUT2D eigenvalue weighted by Crippen LogP contribution is -2.20. The van der Waals surface area contributed by atoms with Crippen LogP contribution in [0, 0.1) is 12.7 Å². The van der Waals surface area contributed by atoms with Crippen LogP contribution in [0.2, 0.25) is 0 Å². The van der Waals surface area contributed by atoms with E-state index in [9.17, 15) is 14.0 Å². The third-order valence-electron chi connectivity index (χ3n) is 3.14. The van der Waals surface area contributed by atoms with Crippen molar-refractivity contribution in [3.05, 3.63) is 45.5 Å². The first-order chi connectivity index (χ1) is 8.97. The number of carboxylic acid groups (broad SMARTS) is 1. The molecule has 0 saturated carbocycles. The normalized spacial score (nSPS) is 10.9. The predicted octanol–water partition coefficient (Wildman–Crippen LogP) is 2.56. The van der Waals surface area contributed by atoms with E-state index in [4.69, 9.17) is 5.11 Å². The minimum atomic E-state index is -1.29. The Balaban J connectivity index is 2.97. The molecule has 5 heteroatoms. The average Bonchev–Trinajstić information content (AvgIpc) is 2.36. The lowest BCUT2D eigenvalue weighted by atomic mass is 10.1. The number of nitrogens with zero attached hydrogens (tertiary/aromatic N) is 1. The maximum atomic E-state index is 13.6. The first kappa shape index (κ1) is 13.3. The molecule has 0 spiro atoms. The molecule has 0 aliphatic heterocycles. The molecular weight excluding hydrogens is 249 g/mol. The lowest BCUT2D eigenvalue weighted by molar-refractivity contribution is 0.0695. The number of carboxylic acids is 1. The smallest absolute Gasteiger partial charge is 0.341 e. The molecule has 0 aliphatic carbocycles. The molecule has 1 aromatic carbocycles. The molecular formula is C14H14FNO3. The van der Waals surface area contributed by atoms with Gasteiger partial charge in [0.1, 0.15) is 11.4 Å². The van der Waals surface area contributed by atoms with Gasteiger partial charge in [-0.3, -0.25) is 4.79 Å². The fraction of sp³-hybridized carbons (Fsp3) is 0.286. The molecule has 19 heavy (non-hydrogen) atoms. The zero-order valence-corrected chi connectivity index (χ0v) is 10.7. The van der Waals surface area contributed by atoms with Crippen molar-refractivity contribution >= 4 is 16.9 Å². The Labute approximate surface area is 109 Å². The quantitative estimate of drug-likeness (QED) is 0.925. The van der Waals surface area contributed by atoms with E-state index in [2.05, 4.69) is 0 Å². The fourth-order valence-electron chi connectivity index (χ4n) is 2.19. The van der Waals surface area contributed by atoms with Gasteiger partial charge in [-0.2, -0.15) is 0 Å². The van der Waals surface area contributed by atoms with E-state index in [0.717, 1.165) is 6.42 Å². The van der Waals surface area contributed by atoms with E-state index in [1.807, 2.05) is 6.92 Å². The maximum absolute atomic E-state index is 13.6. The number of halogens is 1.